The molecule has 8 nitrogen and oxygen atoms in total. The number of benzene rings is 3. The largest absolute Gasteiger partial charge is 0.469 e. The van der Waals surface area contributed by atoms with Crippen LogP contribution in [-0.2, 0) is 53.0 Å². The van der Waals surface area contributed by atoms with Gasteiger partial charge in [0.25, 0.3) is 0 Å². The molecule has 0 saturated heterocycles. The minimum atomic E-state index is -0.803. The predicted octanol–water partition coefficient (Wildman–Crippen LogP) is 6.48. The van der Waals surface area contributed by atoms with Gasteiger partial charge in [-0.15, -0.1) is 0 Å². The van der Waals surface area contributed by atoms with E-state index in [1.54, 1.807) is 0 Å². The molecule has 1 fully saturated rings. The molecular formula is C38H50O8. The number of aliphatic hydroxyl groups excluding tert-OH is 1. The summed E-state index contributed by atoms with van der Waals surface area (Å²) in [5, 5.41) is 11.0. The van der Waals surface area contributed by atoms with Crippen LogP contribution in [0.2, 0.25) is 0 Å². The number of hydrogen-bond donors (Lipinski definition) is 1. The zero-order valence-electron chi connectivity index (χ0n) is 27.5. The van der Waals surface area contributed by atoms with E-state index >= 15 is 0 Å². The van der Waals surface area contributed by atoms with Gasteiger partial charge in [0.05, 0.1) is 57.8 Å². The first-order valence-corrected chi connectivity index (χ1v) is 16.4. The van der Waals surface area contributed by atoms with Gasteiger partial charge in [0.1, 0.15) is 12.2 Å². The number of carbonyl (C=O) groups is 1. The number of carbonyl (C=O) groups excluding carboxylic acids is 1. The predicted molar refractivity (Wildman–Crippen MR) is 176 cm³/mol. The van der Waals surface area contributed by atoms with Crippen molar-refractivity contribution in [3.05, 3.63) is 108 Å². The third-order valence-electron chi connectivity index (χ3n) is 8.59. The number of ether oxygens (including phenoxy) is 6. The summed E-state index contributed by atoms with van der Waals surface area (Å²) in [6.45, 7) is 7.31. The average molecular weight is 635 g/mol. The number of methoxy groups -OCH3 is 1. The second kappa shape index (κ2) is 18.9. The molecule has 0 heterocycles. The molecule has 1 aliphatic carbocycles. The number of hydrogen-bond acceptors (Lipinski definition) is 8. The standard InChI is InChI=1S/C38H50O8/c1-5-32-21-33(38(40)41-4)22-34(39)37(32)46-28(3)45-27(2)36(44-25-31-19-13-8-14-20-31)35(43-24-30-17-11-7-12-18-30)26-42-23-29-15-9-6-10-16-29/h6-20,27-28,32-37,39H,5,21-26H2,1-4H3/t27?,28-,32+,33?,34?,35+,36?,37?/m0/s1. The van der Waals surface area contributed by atoms with E-state index < -0.39 is 36.8 Å². The first-order chi connectivity index (χ1) is 22.4. The van der Waals surface area contributed by atoms with Crippen molar-refractivity contribution in [1.82, 2.24) is 0 Å². The van der Waals surface area contributed by atoms with Crippen LogP contribution in [0.15, 0.2) is 91.0 Å². The molecule has 3 aromatic rings. The van der Waals surface area contributed by atoms with Crippen molar-refractivity contribution in [3.63, 3.8) is 0 Å². The zero-order valence-corrected chi connectivity index (χ0v) is 27.5. The van der Waals surface area contributed by atoms with E-state index in [-0.39, 0.29) is 24.4 Å². The van der Waals surface area contributed by atoms with Crippen LogP contribution in [0.3, 0.4) is 0 Å². The van der Waals surface area contributed by atoms with Gasteiger partial charge in [-0.1, -0.05) is 104 Å². The smallest absolute Gasteiger partial charge is 0.308 e. The fourth-order valence-corrected chi connectivity index (χ4v) is 6.12. The van der Waals surface area contributed by atoms with E-state index in [4.69, 9.17) is 28.4 Å². The SMILES string of the molecule is CC[C@@H]1CC(C(=O)OC)CC(O)C1O[C@@H](C)OC(C)C(OCc1ccccc1)[C@@H](COCc1ccccc1)OCc1ccccc1. The van der Waals surface area contributed by atoms with Gasteiger partial charge in [-0.2, -0.15) is 0 Å². The Balaban J connectivity index is 1.48. The lowest BCUT2D eigenvalue weighted by atomic mass is 9.76. The van der Waals surface area contributed by atoms with Gasteiger partial charge in [0.15, 0.2) is 6.29 Å². The molecule has 1 saturated carbocycles. The minimum Gasteiger partial charge on any atom is -0.469 e. The summed E-state index contributed by atoms with van der Waals surface area (Å²) >= 11 is 0. The number of esters is 1. The Hall–Kier alpha value is -3.11. The van der Waals surface area contributed by atoms with Crippen LogP contribution in [-0.4, -0.2) is 61.6 Å². The Morgan fingerprint density at radius 1 is 0.804 bits per heavy atom. The van der Waals surface area contributed by atoms with Crippen molar-refractivity contribution in [2.75, 3.05) is 13.7 Å². The molecule has 8 atom stereocenters. The van der Waals surface area contributed by atoms with Gasteiger partial charge in [0.2, 0.25) is 0 Å². The van der Waals surface area contributed by atoms with Gasteiger partial charge in [-0.05, 0) is 49.3 Å². The number of rotatable bonds is 18. The Kier molecular flexibility index (Phi) is 14.7. The molecule has 4 rings (SSSR count). The second-order valence-corrected chi connectivity index (χ2v) is 12.0. The average Bonchev–Trinajstić information content (AvgIpc) is 3.08. The molecule has 250 valence electrons. The highest BCUT2D eigenvalue weighted by Crippen LogP contribution is 2.35. The molecule has 46 heavy (non-hydrogen) atoms. The monoisotopic (exact) mass is 634 g/mol. The van der Waals surface area contributed by atoms with Gasteiger partial charge >= 0.3 is 5.97 Å². The van der Waals surface area contributed by atoms with E-state index in [1.165, 1.54) is 7.11 Å². The number of aliphatic hydroxyl groups is 1. The molecule has 1 aliphatic rings. The Bertz CT molecular complexity index is 1260. The lowest BCUT2D eigenvalue weighted by molar-refractivity contribution is -0.248. The maximum Gasteiger partial charge on any atom is 0.308 e. The molecule has 1 N–H and O–H groups in total. The summed E-state index contributed by atoms with van der Waals surface area (Å²) in [7, 11) is 1.38. The lowest BCUT2D eigenvalue weighted by Crippen LogP contribution is -2.48. The molecule has 8 heteroatoms. The Labute approximate surface area is 273 Å². The van der Waals surface area contributed by atoms with Crippen LogP contribution >= 0.6 is 0 Å². The van der Waals surface area contributed by atoms with E-state index in [2.05, 4.69) is 0 Å². The summed E-state index contributed by atoms with van der Waals surface area (Å²) < 4.78 is 37.0. The molecule has 0 aromatic heterocycles. The highest BCUT2D eigenvalue weighted by atomic mass is 16.7. The molecule has 0 bridgehead atoms. The van der Waals surface area contributed by atoms with Crippen molar-refractivity contribution in [2.24, 2.45) is 11.8 Å². The zero-order chi connectivity index (χ0) is 32.7. The Morgan fingerprint density at radius 3 is 1.89 bits per heavy atom. The van der Waals surface area contributed by atoms with Crippen molar-refractivity contribution in [2.45, 2.75) is 96.7 Å². The van der Waals surface area contributed by atoms with Gasteiger partial charge < -0.3 is 33.5 Å². The molecule has 3 aromatic carbocycles. The van der Waals surface area contributed by atoms with Crippen LogP contribution in [0.5, 0.6) is 0 Å². The maximum atomic E-state index is 12.2. The highest BCUT2D eigenvalue weighted by Gasteiger charge is 2.41. The fraction of sp³-hybridized carbons (Fsp3) is 0.500. The van der Waals surface area contributed by atoms with Gasteiger partial charge in [-0.3, -0.25) is 4.79 Å². The third kappa shape index (κ3) is 11.0. The quantitative estimate of drug-likeness (QED) is 0.126. The molecule has 5 unspecified atom stereocenters. The fourth-order valence-electron chi connectivity index (χ4n) is 6.12. The van der Waals surface area contributed by atoms with Crippen LogP contribution in [0.4, 0.5) is 0 Å². The molecule has 0 radical (unpaired) electrons. The summed E-state index contributed by atoms with van der Waals surface area (Å²) in [5.74, 6) is -0.634. The van der Waals surface area contributed by atoms with Crippen LogP contribution in [0, 0.1) is 11.8 Å². The Morgan fingerprint density at radius 2 is 1.35 bits per heavy atom. The molecular weight excluding hydrogens is 584 g/mol. The van der Waals surface area contributed by atoms with Gasteiger partial charge in [-0.25, -0.2) is 0 Å². The van der Waals surface area contributed by atoms with Crippen LogP contribution in [0.1, 0.15) is 56.7 Å². The maximum absolute atomic E-state index is 12.2. The summed E-state index contributed by atoms with van der Waals surface area (Å²) in [5.41, 5.74) is 3.15. The van der Waals surface area contributed by atoms with E-state index in [1.807, 2.05) is 112 Å². The molecule has 0 amide bonds. The molecule has 0 aliphatic heterocycles. The van der Waals surface area contributed by atoms with Crippen LogP contribution < -0.4 is 0 Å². The highest BCUT2D eigenvalue weighted by molar-refractivity contribution is 5.72. The summed E-state index contributed by atoms with van der Waals surface area (Å²) in [6, 6.07) is 30.1. The third-order valence-corrected chi connectivity index (χ3v) is 8.59. The van der Waals surface area contributed by atoms with E-state index in [0.717, 1.165) is 23.1 Å². The van der Waals surface area contributed by atoms with Gasteiger partial charge in [0, 0.05) is 0 Å². The van der Waals surface area contributed by atoms with Crippen molar-refractivity contribution < 1.29 is 38.3 Å². The minimum absolute atomic E-state index is 0.00678. The summed E-state index contributed by atoms with van der Waals surface area (Å²) in [6.07, 6.45) is -1.68. The van der Waals surface area contributed by atoms with Crippen molar-refractivity contribution in [1.29, 1.82) is 0 Å². The molecule has 0 spiro atoms. The first kappa shape index (κ1) is 35.7. The van der Waals surface area contributed by atoms with E-state index in [0.29, 0.717) is 32.7 Å². The lowest BCUT2D eigenvalue weighted by Gasteiger charge is -2.40. The topological polar surface area (TPSA) is 92.7 Å². The van der Waals surface area contributed by atoms with Crippen molar-refractivity contribution >= 4 is 5.97 Å². The normalized spacial score (nSPS) is 22.5. The first-order valence-electron chi connectivity index (χ1n) is 16.4. The van der Waals surface area contributed by atoms with Crippen LogP contribution in [0.25, 0.3) is 0 Å². The van der Waals surface area contributed by atoms with E-state index in [9.17, 15) is 9.90 Å². The second-order valence-electron chi connectivity index (χ2n) is 12.0. The summed E-state index contributed by atoms with van der Waals surface area (Å²) in [4.78, 5) is 12.2. The van der Waals surface area contributed by atoms with Crippen molar-refractivity contribution in [3.8, 4) is 0 Å².